The summed E-state index contributed by atoms with van der Waals surface area (Å²) in [6, 6.07) is 15.4. The van der Waals surface area contributed by atoms with Crippen LogP contribution in [0.5, 0.6) is 0 Å². The summed E-state index contributed by atoms with van der Waals surface area (Å²) in [5.41, 5.74) is 3.15. The van der Waals surface area contributed by atoms with Crippen molar-refractivity contribution in [3.05, 3.63) is 92.7 Å². The van der Waals surface area contributed by atoms with E-state index in [0.717, 1.165) is 41.6 Å². The van der Waals surface area contributed by atoms with Gasteiger partial charge in [-0.1, -0.05) is 43.1 Å². The number of imide groups is 1. The fourth-order valence-electron chi connectivity index (χ4n) is 3.77. The number of aromatic nitrogens is 2. The molecule has 1 aromatic heterocycles. The minimum absolute atomic E-state index is 0.0710. The van der Waals surface area contributed by atoms with E-state index in [0.29, 0.717) is 28.0 Å². The van der Waals surface area contributed by atoms with Crippen LogP contribution in [0.15, 0.2) is 70.4 Å². The smallest absolute Gasteiger partial charge is 0.338 e. The van der Waals surface area contributed by atoms with Crippen molar-refractivity contribution in [3.63, 3.8) is 0 Å². The Bertz CT molecular complexity index is 1390. The second-order valence-electron chi connectivity index (χ2n) is 8.76. The molecule has 1 N–H and O–H groups in total. The van der Waals surface area contributed by atoms with Gasteiger partial charge in [-0.3, -0.25) is 14.5 Å². The van der Waals surface area contributed by atoms with Crippen LogP contribution in [0.3, 0.4) is 0 Å². The number of carbonyl (C=O) groups excluding carboxylic acids is 3. The largest absolute Gasteiger partial charge is 0.462 e. The Labute approximate surface area is 230 Å². The summed E-state index contributed by atoms with van der Waals surface area (Å²) in [6.45, 7) is 6.10. The maximum atomic E-state index is 13.5. The number of nitrogens with one attached hydrogen (secondary N) is 1. The molecular formula is C28H27ClN4O4S. The SMILES string of the molecule is CCCCOC(=O)c1cccc(NC2=C(Sc3nc(C)cc(C)n3)C(=O)N(Cc3ccc(Cl)cc3)C2=O)c1. The number of anilines is 1. The van der Waals surface area contributed by atoms with E-state index in [-0.39, 0.29) is 17.1 Å². The van der Waals surface area contributed by atoms with Crippen molar-refractivity contribution in [3.8, 4) is 0 Å². The van der Waals surface area contributed by atoms with Crippen LogP contribution in [0.4, 0.5) is 5.69 Å². The Morgan fingerprint density at radius 2 is 1.74 bits per heavy atom. The molecule has 196 valence electrons. The minimum atomic E-state index is -0.493. The third kappa shape index (κ3) is 6.59. The van der Waals surface area contributed by atoms with Gasteiger partial charge in [-0.15, -0.1) is 0 Å². The molecule has 0 bridgehead atoms. The molecule has 0 atom stereocenters. The molecule has 2 heterocycles. The fourth-order valence-corrected chi connectivity index (χ4v) is 4.89. The number of rotatable bonds is 10. The van der Waals surface area contributed by atoms with Crippen LogP contribution < -0.4 is 5.32 Å². The van der Waals surface area contributed by atoms with Gasteiger partial charge in [-0.25, -0.2) is 14.8 Å². The first-order valence-electron chi connectivity index (χ1n) is 12.1. The molecule has 3 aromatic rings. The average molecular weight is 551 g/mol. The van der Waals surface area contributed by atoms with Crippen LogP contribution >= 0.6 is 23.4 Å². The first-order chi connectivity index (χ1) is 18.2. The number of halogens is 1. The maximum absolute atomic E-state index is 13.5. The molecule has 0 radical (unpaired) electrons. The number of unbranched alkanes of at least 4 members (excludes halogenated alkanes) is 1. The lowest BCUT2D eigenvalue weighted by Crippen LogP contribution is -2.31. The van der Waals surface area contributed by atoms with Crippen molar-refractivity contribution in [2.24, 2.45) is 0 Å². The Morgan fingerprint density at radius 1 is 1.03 bits per heavy atom. The second-order valence-corrected chi connectivity index (χ2v) is 10.2. The highest BCUT2D eigenvalue weighted by Crippen LogP contribution is 2.35. The Hall–Kier alpha value is -3.69. The lowest BCUT2D eigenvalue weighted by molar-refractivity contribution is -0.137. The number of amides is 2. The zero-order valence-electron chi connectivity index (χ0n) is 21.3. The van der Waals surface area contributed by atoms with Crippen LogP contribution in [0.2, 0.25) is 5.02 Å². The van der Waals surface area contributed by atoms with Crippen LogP contribution in [0, 0.1) is 13.8 Å². The summed E-state index contributed by atoms with van der Waals surface area (Å²) in [7, 11) is 0. The van der Waals surface area contributed by atoms with Crippen LogP contribution in [-0.2, 0) is 20.9 Å². The number of ether oxygens (including phenoxy) is 1. The number of benzene rings is 2. The van der Waals surface area contributed by atoms with E-state index < -0.39 is 17.8 Å². The lowest BCUT2D eigenvalue weighted by atomic mass is 10.2. The second kappa shape index (κ2) is 12.2. The highest BCUT2D eigenvalue weighted by Gasteiger charge is 2.39. The van der Waals surface area contributed by atoms with E-state index in [4.69, 9.17) is 16.3 Å². The molecule has 0 unspecified atom stereocenters. The van der Waals surface area contributed by atoms with E-state index >= 15 is 0 Å². The molecule has 1 aliphatic heterocycles. The molecule has 0 spiro atoms. The molecule has 2 amide bonds. The quantitative estimate of drug-likeness (QED) is 0.149. The number of carbonyl (C=O) groups is 3. The summed E-state index contributed by atoms with van der Waals surface area (Å²) in [5.74, 6) is -1.41. The van der Waals surface area contributed by atoms with Gasteiger partial charge in [0.05, 0.1) is 18.7 Å². The zero-order valence-corrected chi connectivity index (χ0v) is 22.9. The molecule has 0 aliphatic carbocycles. The van der Waals surface area contributed by atoms with E-state index in [2.05, 4.69) is 15.3 Å². The van der Waals surface area contributed by atoms with Crippen LogP contribution in [-0.4, -0.2) is 39.3 Å². The van der Waals surface area contributed by atoms with Crippen molar-refractivity contribution < 1.29 is 19.1 Å². The standard InChI is InChI=1S/C28H27ClN4O4S/c1-4-5-13-37-27(36)20-7-6-8-22(15-20)32-23-24(38-28-30-17(2)14-18(3)31-28)26(35)33(25(23)34)16-19-9-11-21(29)12-10-19/h6-12,14-15,32H,4-5,13,16H2,1-3H3. The Morgan fingerprint density at radius 3 is 2.42 bits per heavy atom. The van der Waals surface area contributed by atoms with Crippen molar-refractivity contribution in [2.75, 3.05) is 11.9 Å². The van der Waals surface area contributed by atoms with E-state index in [1.54, 1.807) is 48.5 Å². The number of esters is 1. The number of hydrogen-bond donors (Lipinski definition) is 1. The van der Waals surface area contributed by atoms with E-state index in [9.17, 15) is 14.4 Å². The van der Waals surface area contributed by atoms with Crippen LogP contribution in [0.25, 0.3) is 0 Å². The fraction of sp³-hybridized carbons (Fsp3) is 0.250. The highest BCUT2D eigenvalue weighted by molar-refractivity contribution is 8.04. The molecule has 4 rings (SSSR count). The van der Waals surface area contributed by atoms with E-state index in [1.807, 2.05) is 26.8 Å². The van der Waals surface area contributed by atoms with Crippen LogP contribution in [0.1, 0.15) is 47.1 Å². The first-order valence-corrected chi connectivity index (χ1v) is 13.3. The number of hydrogen-bond acceptors (Lipinski definition) is 8. The Kier molecular flexibility index (Phi) is 8.81. The van der Waals surface area contributed by atoms with Crippen molar-refractivity contribution in [1.29, 1.82) is 0 Å². The van der Waals surface area contributed by atoms with Crippen molar-refractivity contribution in [2.45, 2.75) is 45.3 Å². The molecule has 10 heteroatoms. The maximum Gasteiger partial charge on any atom is 0.338 e. The molecule has 0 saturated heterocycles. The van der Waals surface area contributed by atoms with Crippen molar-refractivity contribution in [1.82, 2.24) is 14.9 Å². The van der Waals surface area contributed by atoms with E-state index in [1.165, 1.54) is 4.90 Å². The summed E-state index contributed by atoms with van der Waals surface area (Å²) >= 11 is 7.02. The normalized spacial score (nSPS) is 13.3. The molecule has 2 aromatic carbocycles. The van der Waals surface area contributed by atoms with Gasteiger partial charge in [-0.05, 0) is 74.0 Å². The van der Waals surface area contributed by atoms with Gasteiger partial charge in [0.25, 0.3) is 11.8 Å². The number of thioether (sulfide) groups is 1. The van der Waals surface area contributed by atoms with Crippen molar-refractivity contribution >= 4 is 46.8 Å². The predicted octanol–water partition coefficient (Wildman–Crippen LogP) is 5.69. The highest BCUT2D eigenvalue weighted by atomic mass is 35.5. The van der Waals surface area contributed by atoms with Gasteiger partial charge >= 0.3 is 5.97 Å². The summed E-state index contributed by atoms with van der Waals surface area (Å²) in [6.07, 6.45) is 1.69. The minimum Gasteiger partial charge on any atom is -0.462 e. The molecule has 38 heavy (non-hydrogen) atoms. The topological polar surface area (TPSA) is 101 Å². The summed E-state index contributed by atoms with van der Waals surface area (Å²) < 4.78 is 5.31. The lowest BCUT2D eigenvalue weighted by Gasteiger charge is -2.15. The van der Waals surface area contributed by atoms with Gasteiger partial charge in [0.1, 0.15) is 10.6 Å². The third-order valence-corrected chi connectivity index (χ3v) is 6.83. The van der Waals surface area contributed by atoms with Gasteiger partial charge in [0.15, 0.2) is 5.16 Å². The number of nitrogens with zero attached hydrogens (tertiary/aromatic N) is 3. The summed E-state index contributed by atoms with van der Waals surface area (Å²) in [4.78, 5) is 49.7. The average Bonchev–Trinajstić information content (AvgIpc) is 3.09. The van der Waals surface area contributed by atoms with Gasteiger partial charge in [0.2, 0.25) is 0 Å². The third-order valence-electron chi connectivity index (χ3n) is 5.63. The molecular weight excluding hydrogens is 524 g/mol. The molecule has 8 nitrogen and oxygen atoms in total. The molecule has 0 fully saturated rings. The zero-order chi connectivity index (χ0) is 27.2. The first kappa shape index (κ1) is 27.3. The predicted molar refractivity (Wildman–Crippen MR) is 147 cm³/mol. The van der Waals surface area contributed by atoms with Gasteiger partial charge in [-0.2, -0.15) is 0 Å². The Balaban J connectivity index is 1.65. The monoisotopic (exact) mass is 550 g/mol. The van der Waals surface area contributed by atoms with Gasteiger partial charge < -0.3 is 10.1 Å². The molecule has 0 saturated carbocycles. The summed E-state index contributed by atoms with van der Waals surface area (Å²) in [5, 5.41) is 3.99. The van der Waals surface area contributed by atoms with Gasteiger partial charge in [0, 0.05) is 22.1 Å². The number of aryl methyl sites for hydroxylation is 2. The molecule has 1 aliphatic rings.